The van der Waals surface area contributed by atoms with Crippen molar-refractivity contribution in [2.75, 3.05) is 6.54 Å². The highest BCUT2D eigenvalue weighted by molar-refractivity contribution is 5.82. The van der Waals surface area contributed by atoms with Crippen LogP contribution in [0.4, 0.5) is 0 Å². The zero-order valence-electron chi connectivity index (χ0n) is 37.0. The van der Waals surface area contributed by atoms with Gasteiger partial charge in [-0.1, -0.05) is 278 Å². The van der Waals surface area contributed by atoms with E-state index < -0.39 is 0 Å². The molecule has 1 amide bonds. The maximum Gasteiger partial charge on any atom is 0.226 e. The van der Waals surface area contributed by atoms with E-state index in [0.29, 0.717) is 5.91 Å². The lowest BCUT2D eigenvalue weighted by atomic mass is 9.73. The molecule has 0 spiro atoms. The monoisotopic (exact) mass is 732 g/mol. The summed E-state index contributed by atoms with van der Waals surface area (Å²) in [4.78, 5) is 14.2. The molecule has 0 radical (unpaired) electrons. The minimum atomic E-state index is -0.125. The summed E-state index contributed by atoms with van der Waals surface area (Å²) in [7, 11) is 0. The van der Waals surface area contributed by atoms with Gasteiger partial charge in [-0.05, 0) is 25.7 Å². The van der Waals surface area contributed by atoms with Gasteiger partial charge >= 0.3 is 0 Å². The number of amides is 1. The number of nitrogens with one attached hydrogen (secondary N) is 1. The normalized spacial score (nSPS) is 11.8. The van der Waals surface area contributed by atoms with E-state index in [1.54, 1.807) is 0 Å². The molecule has 0 aliphatic heterocycles. The molecular formula is C50H101NO. The van der Waals surface area contributed by atoms with Gasteiger partial charge in [0.05, 0.1) is 0 Å². The second-order valence-electron chi connectivity index (χ2n) is 17.5. The maximum atomic E-state index is 14.2. The van der Waals surface area contributed by atoms with E-state index in [4.69, 9.17) is 0 Å². The van der Waals surface area contributed by atoms with Gasteiger partial charge < -0.3 is 5.32 Å². The Labute approximate surface area is 330 Å². The van der Waals surface area contributed by atoms with Crippen LogP contribution in [0.15, 0.2) is 0 Å². The Hall–Kier alpha value is -0.530. The summed E-state index contributed by atoms with van der Waals surface area (Å²) in [5.41, 5.74) is -0.125. The zero-order valence-corrected chi connectivity index (χ0v) is 37.0. The third-order valence-electron chi connectivity index (χ3n) is 12.3. The summed E-state index contributed by atoms with van der Waals surface area (Å²) < 4.78 is 0. The van der Waals surface area contributed by atoms with Crippen LogP contribution in [0.1, 0.15) is 304 Å². The fourth-order valence-electron chi connectivity index (χ4n) is 8.57. The van der Waals surface area contributed by atoms with E-state index in [2.05, 4.69) is 33.0 Å². The van der Waals surface area contributed by atoms with Crippen molar-refractivity contribution in [3.63, 3.8) is 0 Å². The fraction of sp³-hybridized carbons (Fsp3) is 0.980. The molecule has 0 aromatic heterocycles. The highest BCUT2D eigenvalue weighted by atomic mass is 16.2. The molecule has 0 aliphatic rings. The molecular weight excluding hydrogens is 631 g/mol. The van der Waals surface area contributed by atoms with Crippen molar-refractivity contribution in [3.05, 3.63) is 0 Å². The molecule has 0 fully saturated rings. The van der Waals surface area contributed by atoms with Gasteiger partial charge in [0.1, 0.15) is 0 Å². The molecule has 0 aromatic rings. The average molecular weight is 732 g/mol. The summed E-state index contributed by atoms with van der Waals surface area (Å²) in [6.45, 7) is 10.1. The Bertz CT molecular complexity index is 649. The number of hydrogen-bond donors (Lipinski definition) is 1. The van der Waals surface area contributed by atoms with Gasteiger partial charge in [-0.3, -0.25) is 4.79 Å². The highest BCUT2D eigenvalue weighted by Gasteiger charge is 2.36. The first-order valence-corrected chi connectivity index (χ1v) is 24.9. The Morgan fingerprint density at radius 3 is 0.712 bits per heavy atom. The quantitative estimate of drug-likeness (QED) is 0.0621. The van der Waals surface area contributed by atoms with Crippen molar-refractivity contribution in [1.29, 1.82) is 0 Å². The molecule has 0 unspecified atom stereocenters. The highest BCUT2D eigenvalue weighted by Crippen LogP contribution is 2.38. The summed E-state index contributed by atoms with van der Waals surface area (Å²) in [6, 6.07) is 0. The first-order valence-electron chi connectivity index (χ1n) is 24.9. The van der Waals surface area contributed by atoms with Gasteiger partial charge in [0.25, 0.3) is 0 Å². The van der Waals surface area contributed by atoms with Gasteiger partial charge in [-0.15, -0.1) is 0 Å². The van der Waals surface area contributed by atoms with Crippen LogP contribution >= 0.6 is 0 Å². The molecule has 52 heavy (non-hydrogen) atoms. The predicted octanol–water partition coefficient (Wildman–Crippen LogP) is 17.9. The number of hydrogen-bond acceptors (Lipinski definition) is 1. The molecule has 0 aromatic carbocycles. The van der Waals surface area contributed by atoms with Crippen molar-refractivity contribution >= 4 is 5.91 Å². The Kier molecular flexibility index (Phi) is 42.8. The Balaban J connectivity index is 4.97. The van der Waals surface area contributed by atoms with Crippen molar-refractivity contribution in [3.8, 4) is 0 Å². The van der Waals surface area contributed by atoms with Crippen molar-refractivity contribution in [1.82, 2.24) is 5.32 Å². The zero-order chi connectivity index (χ0) is 37.9. The molecule has 0 rings (SSSR count). The average Bonchev–Trinajstić information content (AvgIpc) is 3.15. The lowest BCUT2D eigenvalue weighted by molar-refractivity contribution is -0.132. The van der Waals surface area contributed by atoms with Crippen molar-refractivity contribution < 1.29 is 4.79 Å². The van der Waals surface area contributed by atoms with Crippen molar-refractivity contribution in [2.24, 2.45) is 5.41 Å². The summed E-state index contributed by atoms with van der Waals surface area (Å²) >= 11 is 0. The first-order chi connectivity index (χ1) is 25.7. The minimum Gasteiger partial charge on any atom is -0.356 e. The largest absolute Gasteiger partial charge is 0.356 e. The number of carbonyl (C=O) groups excluding carboxylic acids is 1. The summed E-state index contributed by atoms with van der Waals surface area (Å²) in [5.74, 6) is 0.433. The second kappa shape index (κ2) is 43.2. The van der Waals surface area contributed by atoms with Crippen LogP contribution in [0, 0.1) is 5.41 Å². The third-order valence-corrected chi connectivity index (χ3v) is 12.3. The van der Waals surface area contributed by atoms with Crippen LogP contribution in [0.2, 0.25) is 0 Å². The van der Waals surface area contributed by atoms with Crippen LogP contribution < -0.4 is 5.32 Å². The minimum absolute atomic E-state index is 0.125. The molecule has 0 atom stereocenters. The van der Waals surface area contributed by atoms with E-state index in [1.165, 1.54) is 250 Å². The van der Waals surface area contributed by atoms with Crippen LogP contribution in [0.5, 0.6) is 0 Å². The first kappa shape index (κ1) is 51.5. The van der Waals surface area contributed by atoms with Crippen LogP contribution in [-0.2, 0) is 4.79 Å². The topological polar surface area (TPSA) is 29.1 Å². The molecule has 0 heterocycles. The van der Waals surface area contributed by atoms with Gasteiger partial charge in [0, 0.05) is 12.0 Å². The maximum absolute atomic E-state index is 14.2. The molecule has 0 saturated heterocycles. The lowest BCUT2D eigenvalue weighted by Crippen LogP contribution is -2.41. The standard InChI is InChI=1S/C50H101NO/c1-5-9-13-17-21-24-27-28-29-30-33-36-39-43-47-50(49(52)51-48-44-40-20-16-12-8-4,45-41-37-34-31-25-22-18-14-10-6-2)46-42-38-35-32-26-23-19-15-11-7-3/h5-48H2,1-4H3,(H,51,52). The SMILES string of the molecule is CCCCCCCCCCCCCCCCC(CCCCCCCCCCCC)(CCCCCCCCCCCC)C(=O)NCCCCCCCC. The Morgan fingerprint density at radius 2 is 0.481 bits per heavy atom. The van der Waals surface area contributed by atoms with Crippen LogP contribution in [-0.4, -0.2) is 12.5 Å². The van der Waals surface area contributed by atoms with Gasteiger partial charge in [0.15, 0.2) is 0 Å². The van der Waals surface area contributed by atoms with E-state index in [-0.39, 0.29) is 5.41 Å². The number of unbranched alkanes of at least 4 members (excludes halogenated alkanes) is 36. The number of carbonyl (C=O) groups is 1. The lowest BCUT2D eigenvalue weighted by Gasteiger charge is -2.33. The molecule has 0 aliphatic carbocycles. The molecule has 312 valence electrons. The molecule has 1 N–H and O–H groups in total. The van der Waals surface area contributed by atoms with Gasteiger partial charge in [-0.25, -0.2) is 0 Å². The molecule has 0 saturated carbocycles. The fourth-order valence-corrected chi connectivity index (χ4v) is 8.57. The Morgan fingerprint density at radius 1 is 0.288 bits per heavy atom. The second-order valence-corrected chi connectivity index (χ2v) is 17.5. The predicted molar refractivity (Wildman–Crippen MR) is 237 cm³/mol. The summed E-state index contributed by atoms with van der Waals surface area (Å²) in [6.07, 6.45) is 58.2. The molecule has 2 heteroatoms. The van der Waals surface area contributed by atoms with Crippen LogP contribution in [0.3, 0.4) is 0 Å². The molecule has 2 nitrogen and oxygen atoms in total. The van der Waals surface area contributed by atoms with E-state index >= 15 is 0 Å². The van der Waals surface area contributed by atoms with E-state index in [9.17, 15) is 4.79 Å². The third kappa shape index (κ3) is 35.2. The number of rotatable bonds is 45. The van der Waals surface area contributed by atoms with Crippen molar-refractivity contribution in [2.45, 2.75) is 304 Å². The van der Waals surface area contributed by atoms with E-state index in [1.807, 2.05) is 0 Å². The smallest absolute Gasteiger partial charge is 0.226 e. The van der Waals surface area contributed by atoms with Gasteiger partial charge in [-0.2, -0.15) is 0 Å². The van der Waals surface area contributed by atoms with Crippen LogP contribution in [0.25, 0.3) is 0 Å². The summed E-state index contributed by atoms with van der Waals surface area (Å²) in [5, 5.41) is 3.55. The van der Waals surface area contributed by atoms with Gasteiger partial charge in [0.2, 0.25) is 5.91 Å². The molecule has 0 bridgehead atoms. The van der Waals surface area contributed by atoms with E-state index in [0.717, 1.165) is 32.2 Å².